The number of benzene rings is 1. The SMILES string of the molecule is COc1cnc(-c2ccc(CN=C(C#N)C#N)cc2)nc1. The van der Waals surface area contributed by atoms with E-state index in [0.717, 1.165) is 11.1 Å². The van der Waals surface area contributed by atoms with Gasteiger partial charge in [-0.05, 0) is 5.56 Å². The van der Waals surface area contributed by atoms with Gasteiger partial charge in [0, 0.05) is 5.56 Å². The van der Waals surface area contributed by atoms with Gasteiger partial charge in [-0.1, -0.05) is 24.3 Å². The molecule has 0 bridgehead atoms. The largest absolute Gasteiger partial charge is 0.494 e. The highest BCUT2D eigenvalue weighted by Gasteiger charge is 2.02. The first-order valence-electron chi connectivity index (χ1n) is 6.07. The van der Waals surface area contributed by atoms with Crippen LogP contribution in [0.5, 0.6) is 5.75 Å². The van der Waals surface area contributed by atoms with E-state index in [1.165, 1.54) is 0 Å². The second-order valence-electron chi connectivity index (χ2n) is 4.03. The lowest BCUT2D eigenvalue weighted by Gasteiger charge is -2.03. The molecule has 0 N–H and O–H groups in total. The van der Waals surface area contributed by atoms with Crippen molar-refractivity contribution in [3.05, 3.63) is 42.2 Å². The molecular weight excluding hydrogens is 266 g/mol. The van der Waals surface area contributed by atoms with Crippen LogP contribution >= 0.6 is 0 Å². The van der Waals surface area contributed by atoms with E-state index >= 15 is 0 Å². The van der Waals surface area contributed by atoms with Crippen molar-refractivity contribution in [1.82, 2.24) is 9.97 Å². The molecule has 0 unspecified atom stereocenters. The molecule has 0 saturated carbocycles. The fourth-order valence-corrected chi connectivity index (χ4v) is 1.60. The second-order valence-corrected chi connectivity index (χ2v) is 4.03. The number of rotatable bonds is 4. The molecule has 21 heavy (non-hydrogen) atoms. The number of ether oxygens (including phenoxy) is 1. The number of methoxy groups -OCH3 is 1. The molecule has 6 nitrogen and oxygen atoms in total. The molecule has 6 heteroatoms. The first kappa shape index (κ1) is 14.2. The van der Waals surface area contributed by atoms with Gasteiger partial charge in [0.15, 0.2) is 11.6 Å². The summed E-state index contributed by atoms with van der Waals surface area (Å²) in [5, 5.41) is 17.2. The summed E-state index contributed by atoms with van der Waals surface area (Å²) in [6.07, 6.45) is 3.21. The summed E-state index contributed by atoms with van der Waals surface area (Å²) in [4.78, 5) is 12.3. The molecule has 1 aromatic carbocycles. The van der Waals surface area contributed by atoms with Crippen LogP contribution < -0.4 is 4.74 Å². The predicted molar refractivity (Wildman–Crippen MR) is 76.4 cm³/mol. The van der Waals surface area contributed by atoms with Crippen LogP contribution in [0.25, 0.3) is 11.4 Å². The van der Waals surface area contributed by atoms with E-state index in [9.17, 15) is 0 Å². The van der Waals surface area contributed by atoms with E-state index in [-0.39, 0.29) is 5.71 Å². The van der Waals surface area contributed by atoms with Crippen LogP contribution in [0, 0.1) is 22.7 Å². The number of nitrogens with zero attached hydrogens (tertiary/aromatic N) is 5. The molecule has 2 aromatic rings. The van der Waals surface area contributed by atoms with E-state index in [1.54, 1.807) is 31.6 Å². The van der Waals surface area contributed by atoms with Gasteiger partial charge in [0.25, 0.3) is 0 Å². The summed E-state index contributed by atoms with van der Waals surface area (Å²) in [5.74, 6) is 1.20. The lowest BCUT2D eigenvalue weighted by molar-refractivity contribution is 0.411. The van der Waals surface area contributed by atoms with Gasteiger partial charge >= 0.3 is 0 Å². The van der Waals surface area contributed by atoms with Gasteiger partial charge in [0.2, 0.25) is 5.71 Å². The minimum absolute atomic E-state index is 0.127. The Hall–Kier alpha value is -3.25. The molecular formula is C15H11N5O. The van der Waals surface area contributed by atoms with Gasteiger partial charge in [-0.15, -0.1) is 0 Å². The molecule has 0 aliphatic carbocycles. The third-order valence-electron chi connectivity index (χ3n) is 2.71. The van der Waals surface area contributed by atoms with Crippen LogP contribution in [0.4, 0.5) is 0 Å². The normalized spacial score (nSPS) is 9.29. The van der Waals surface area contributed by atoms with E-state index in [1.807, 2.05) is 24.3 Å². The lowest BCUT2D eigenvalue weighted by Crippen LogP contribution is -1.92. The van der Waals surface area contributed by atoms with Crippen molar-refractivity contribution >= 4 is 5.71 Å². The zero-order valence-corrected chi connectivity index (χ0v) is 11.3. The zero-order chi connectivity index (χ0) is 15.1. The van der Waals surface area contributed by atoms with E-state index in [4.69, 9.17) is 15.3 Å². The Morgan fingerprint density at radius 1 is 1.14 bits per heavy atom. The Labute approximate surface area is 122 Å². The Morgan fingerprint density at radius 3 is 2.29 bits per heavy atom. The molecule has 1 aromatic heterocycles. The van der Waals surface area contributed by atoms with Crippen molar-refractivity contribution in [1.29, 1.82) is 10.5 Å². The van der Waals surface area contributed by atoms with Crippen LogP contribution in [-0.2, 0) is 6.54 Å². The maximum absolute atomic E-state index is 8.61. The van der Waals surface area contributed by atoms with Crippen molar-refractivity contribution in [2.45, 2.75) is 6.54 Å². The van der Waals surface area contributed by atoms with Crippen molar-refractivity contribution in [3.8, 4) is 29.3 Å². The zero-order valence-electron chi connectivity index (χ0n) is 11.3. The molecule has 0 fully saturated rings. The van der Waals surface area contributed by atoms with Gasteiger partial charge in [0.1, 0.15) is 12.1 Å². The summed E-state index contributed by atoms with van der Waals surface area (Å²) in [5.41, 5.74) is 1.64. The minimum Gasteiger partial charge on any atom is -0.494 e. The highest BCUT2D eigenvalue weighted by molar-refractivity contribution is 6.10. The second kappa shape index (κ2) is 6.78. The molecule has 2 rings (SSSR count). The molecule has 0 atom stereocenters. The Balaban J connectivity index is 2.13. The monoisotopic (exact) mass is 277 g/mol. The number of nitriles is 2. The molecule has 0 aliphatic rings. The van der Waals surface area contributed by atoms with Gasteiger partial charge in [-0.2, -0.15) is 10.5 Å². The average Bonchev–Trinajstić information content (AvgIpc) is 2.56. The molecule has 0 saturated heterocycles. The quantitative estimate of drug-likeness (QED) is 0.798. The van der Waals surface area contributed by atoms with E-state index in [0.29, 0.717) is 18.1 Å². The van der Waals surface area contributed by atoms with Crippen LogP contribution in [-0.4, -0.2) is 22.8 Å². The van der Waals surface area contributed by atoms with Gasteiger partial charge in [0.05, 0.1) is 26.0 Å². The number of aliphatic imine (C=N–C) groups is 1. The first-order valence-corrected chi connectivity index (χ1v) is 6.07. The van der Waals surface area contributed by atoms with Crippen LogP contribution in [0.15, 0.2) is 41.7 Å². The maximum Gasteiger partial charge on any atom is 0.213 e. The van der Waals surface area contributed by atoms with Crippen molar-refractivity contribution in [2.75, 3.05) is 7.11 Å². The summed E-state index contributed by atoms with van der Waals surface area (Å²) in [6.45, 7) is 0.292. The number of hydrogen-bond donors (Lipinski definition) is 0. The fourth-order valence-electron chi connectivity index (χ4n) is 1.60. The van der Waals surface area contributed by atoms with E-state index < -0.39 is 0 Å². The predicted octanol–water partition coefficient (Wildman–Crippen LogP) is 2.14. The average molecular weight is 277 g/mol. The Bertz CT molecular complexity index is 705. The van der Waals surface area contributed by atoms with Gasteiger partial charge in [-0.25, -0.2) is 9.97 Å². The van der Waals surface area contributed by atoms with Crippen LogP contribution in [0.1, 0.15) is 5.56 Å². The smallest absolute Gasteiger partial charge is 0.213 e. The Kier molecular flexibility index (Phi) is 4.58. The third-order valence-corrected chi connectivity index (χ3v) is 2.71. The summed E-state index contributed by atoms with van der Waals surface area (Å²) >= 11 is 0. The molecule has 0 aliphatic heterocycles. The highest BCUT2D eigenvalue weighted by atomic mass is 16.5. The minimum atomic E-state index is -0.127. The fraction of sp³-hybridized carbons (Fsp3) is 0.133. The standard InChI is InChI=1S/C15H11N5O/c1-21-14-9-19-15(20-10-14)12-4-2-11(3-5-12)8-18-13(6-16)7-17/h2-5,9-10H,8H2,1H3. The number of aromatic nitrogens is 2. The molecule has 0 amide bonds. The van der Waals surface area contributed by atoms with Crippen LogP contribution in [0.2, 0.25) is 0 Å². The number of hydrogen-bond acceptors (Lipinski definition) is 6. The lowest BCUT2D eigenvalue weighted by atomic mass is 10.1. The Morgan fingerprint density at radius 2 is 1.76 bits per heavy atom. The van der Waals surface area contributed by atoms with Crippen LogP contribution in [0.3, 0.4) is 0 Å². The first-order chi connectivity index (χ1) is 10.3. The van der Waals surface area contributed by atoms with Crippen molar-refractivity contribution in [2.24, 2.45) is 4.99 Å². The highest BCUT2D eigenvalue weighted by Crippen LogP contribution is 2.17. The van der Waals surface area contributed by atoms with Gasteiger partial charge in [-0.3, -0.25) is 4.99 Å². The summed E-state index contributed by atoms with van der Waals surface area (Å²) in [6, 6.07) is 10.9. The topological polar surface area (TPSA) is 95.0 Å². The molecule has 1 heterocycles. The molecule has 0 spiro atoms. The molecule has 0 radical (unpaired) electrons. The van der Waals surface area contributed by atoms with Crippen molar-refractivity contribution < 1.29 is 4.74 Å². The van der Waals surface area contributed by atoms with E-state index in [2.05, 4.69) is 15.0 Å². The summed E-state index contributed by atoms with van der Waals surface area (Å²) in [7, 11) is 1.56. The molecule has 102 valence electrons. The van der Waals surface area contributed by atoms with Gasteiger partial charge < -0.3 is 4.74 Å². The maximum atomic E-state index is 8.61. The van der Waals surface area contributed by atoms with Crippen molar-refractivity contribution in [3.63, 3.8) is 0 Å². The third kappa shape index (κ3) is 3.62. The summed E-state index contributed by atoms with van der Waals surface area (Å²) < 4.78 is 5.01.